The average Bonchev–Trinajstić information content (AvgIpc) is 2.48. The van der Waals surface area contributed by atoms with Gasteiger partial charge in [-0.2, -0.15) is 0 Å². The highest BCUT2D eigenvalue weighted by Gasteiger charge is 2.18. The molecule has 0 radical (unpaired) electrons. The summed E-state index contributed by atoms with van der Waals surface area (Å²) in [4.78, 5) is 11.9. The van der Waals surface area contributed by atoms with E-state index in [0.29, 0.717) is 17.1 Å². The predicted octanol–water partition coefficient (Wildman–Crippen LogP) is 2.73. The Hall–Kier alpha value is -1.84. The van der Waals surface area contributed by atoms with Gasteiger partial charge >= 0.3 is 0 Å². The second-order valence-corrected chi connectivity index (χ2v) is 4.86. The van der Waals surface area contributed by atoms with Crippen LogP contribution < -0.4 is 5.32 Å². The first kappa shape index (κ1) is 14.6. The Morgan fingerprint density at radius 3 is 2.45 bits per heavy atom. The molecule has 2 aromatic carbocycles. The summed E-state index contributed by atoms with van der Waals surface area (Å²) in [7, 11) is 0. The van der Waals surface area contributed by atoms with Crippen LogP contribution in [-0.2, 0) is 11.2 Å². The van der Waals surface area contributed by atoms with Crippen LogP contribution in [0.15, 0.2) is 54.6 Å². The lowest BCUT2D eigenvalue weighted by atomic mass is 10.1. The molecule has 2 N–H and O–H groups in total. The predicted molar refractivity (Wildman–Crippen MR) is 79.6 cm³/mol. The van der Waals surface area contributed by atoms with Gasteiger partial charge in [-0.05, 0) is 18.1 Å². The molecule has 20 heavy (non-hydrogen) atoms. The number of hydrogen-bond acceptors (Lipinski definition) is 2. The molecule has 1 unspecified atom stereocenters. The maximum absolute atomic E-state index is 11.9. The third-order valence-electron chi connectivity index (χ3n) is 3.00. The molecule has 0 aliphatic rings. The SMILES string of the molecule is O=C(NCCc1ccccc1)C(O)c1ccccc1Cl. The van der Waals surface area contributed by atoms with Crippen LogP contribution >= 0.6 is 11.6 Å². The van der Waals surface area contributed by atoms with Crippen LogP contribution in [-0.4, -0.2) is 17.6 Å². The highest BCUT2D eigenvalue weighted by molar-refractivity contribution is 6.31. The molecule has 4 heteroatoms. The maximum Gasteiger partial charge on any atom is 0.253 e. The molecule has 0 saturated carbocycles. The van der Waals surface area contributed by atoms with Gasteiger partial charge in [0, 0.05) is 17.1 Å². The largest absolute Gasteiger partial charge is 0.378 e. The number of benzene rings is 2. The van der Waals surface area contributed by atoms with Crippen LogP contribution in [0.5, 0.6) is 0 Å². The minimum Gasteiger partial charge on any atom is -0.378 e. The van der Waals surface area contributed by atoms with E-state index < -0.39 is 12.0 Å². The van der Waals surface area contributed by atoms with E-state index in [4.69, 9.17) is 11.6 Å². The third-order valence-corrected chi connectivity index (χ3v) is 3.35. The van der Waals surface area contributed by atoms with E-state index in [0.717, 1.165) is 12.0 Å². The number of aliphatic hydroxyl groups is 1. The number of carbonyl (C=O) groups is 1. The Bertz CT molecular complexity index is 572. The molecule has 0 spiro atoms. The van der Waals surface area contributed by atoms with Crippen molar-refractivity contribution in [3.63, 3.8) is 0 Å². The number of nitrogens with one attached hydrogen (secondary N) is 1. The van der Waals surface area contributed by atoms with Crippen LogP contribution in [0, 0.1) is 0 Å². The Morgan fingerprint density at radius 2 is 1.75 bits per heavy atom. The molecule has 0 fully saturated rings. The van der Waals surface area contributed by atoms with E-state index in [9.17, 15) is 9.90 Å². The lowest BCUT2D eigenvalue weighted by Crippen LogP contribution is -2.31. The molecule has 0 aromatic heterocycles. The first-order chi connectivity index (χ1) is 9.68. The van der Waals surface area contributed by atoms with E-state index in [1.54, 1.807) is 24.3 Å². The molecule has 2 rings (SSSR count). The Balaban J connectivity index is 1.87. The second kappa shape index (κ2) is 7.08. The number of aliphatic hydroxyl groups excluding tert-OH is 1. The molecule has 0 heterocycles. The molecule has 0 bridgehead atoms. The van der Waals surface area contributed by atoms with Crippen molar-refractivity contribution in [2.45, 2.75) is 12.5 Å². The van der Waals surface area contributed by atoms with E-state index in [2.05, 4.69) is 5.32 Å². The van der Waals surface area contributed by atoms with Crippen LogP contribution in [0.25, 0.3) is 0 Å². The van der Waals surface area contributed by atoms with Crippen molar-refractivity contribution in [1.29, 1.82) is 0 Å². The van der Waals surface area contributed by atoms with Gasteiger partial charge in [0.05, 0.1) is 0 Å². The quantitative estimate of drug-likeness (QED) is 0.889. The van der Waals surface area contributed by atoms with Crippen molar-refractivity contribution in [3.05, 3.63) is 70.7 Å². The van der Waals surface area contributed by atoms with Crippen molar-refractivity contribution < 1.29 is 9.90 Å². The van der Waals surface area contributed by atoms with E-state index in [1.165, 1.54) is 0 Å². The number of halogens is 1. The molecular formula is C16H16ClNO2. The zero-order valence-corrected chi connectivity index (χ0v) is 11.7. The van der Waals surface area contributed by atoms with Gasteiger partial charge in [-0.1, -0.05) is 60.1 Å². The average molecular weight is 290 g/mol. The Labute approximate surface area is 123 Å². The minimum absolute atomic E-state index is 0.387. The summed E-state index contributed by atoms with van der Waals surface area (Å²) < 4.78 is 0. The first-order valence-corrected chi connectivity index (χ1v) is 6.80. The summed E-state index contributed by atoms with van der Waals surface area (Å²) in [6.07, 6.45) is -0.513. The highest BCUT2D eigenvalue weighted by Crippen LogP contribution is 2.22. The van der Waals surface area contributed by atoms with Crippen molar-refractivity contribution in [1.82, 2.24) is 5.32 Å². The minimum atomic E-state index is -1.24. The molecule has 104 valence electrons. The monoisotopic (exact) mass is 289 g/mol. The highest BCUT2D eigenvalue weighted by atomic mass is 35.5. The number of rotatable bonds is 5. The van der Waals surface area contributed by atoms with Gasteiger partial charge in [0.1, 0.15) is 0 Å². The van der Waals surface area contributed by atoms with Crippen molar-refractivity contribution in [3.8, 4) is 0 Å². The fourth-order valence-electron chi connectivity index (χ4n) is 1.91. The van der Waals surface area contributed by atoms with E-state index in [1.807, 2.05) is 30.3 Å². The molecule has 0 aliphatic heterocycles. The van der Waals surface area contributed by atoms with Crippen molar-refractivity contribution in [2.24, 2.45) is 0 Å². The second-order valence-electron chi connectivity index (χ2n) is 4.45. The van der Waals surface area contributed by atoms with Gasteiger partial charge in [-0.25, -0.2) is 0 Å². The molecule has 3 nitrogen and oxygen atoms in total. The summed E-state index contributed by atoms with van der Waals surface area (Å²) in [6.45, 7) is 0.477. The van der Waals surface area contributed by atoms with Gasteiger partial charge < -0.3 is 10.4 Å². The smallest absolute Gasteiger partial charge is 0.253 e. The maximum atomic E-state index is 11.9. The molecule has 1 amide bonds. The fraction of sp³-hybridized carbons (Fsp3) is 0.188. The lowest BCUT2D eigenvalue weighted by molar-refractivity contribution is -0.129. The Morgan fingerprint density at radius 1 is 1.10 bits per heavy atom. The normalized spacial score (nSPS) is 11.9. The summed E-state index contributed by atoms with van der Waals surface area (Å²) >= 11 is 5.95. The zero-order chi connectivity index (χ0) is 14.4. The summed E-state index contributed by atoms with van der Waals surface area (Å²) in [5, 5.41) is 13.1. The molecule has 2 aromatic rings. The molecule has 0 saturated heterocycles. The van der Waals surface area contributed by atoms with Gasteiger partial charge in [0.2, 0.25) is 0 Å². The van der Waals surface area contributed by atoms with Gasteiger partial charge in [0.15, 0.2) is 6.10 Å². The number of carbonyl (C=O) groups excluding carboxylic acids is 1. The number of amides is 1. The zero-order valence-electron chi connectivity index (χ0n) is 10.9. The topological polar surface area (TPSA) is 49.3 Å². The van der Waals surface area contributed by atoms with Gasteiger partial charge in [0.25, 0.3) is 5.91 Å². The molecule has 0 aliphatic carbocycles. The van der Waals surface area contributed by atoms with Crippen LogP contribution in [0.1, 0.15) is 17.2 Å². The molecule has 1 atom stereocenters. The van der Waals surface area contributed by atoms with Crippen LogP contribution in [0.3, 0.4) is 0 Å². The van der Waals surface area contributed by atoms with Gasteiger partial charge in [-0.15, -0.1) is 0 Å². The summed E-state index contributed by atoms with van der Waals surface area (Å²) in [6, 6.07) is 16.6. The standard InChI is InChI=1S/C16H16ClNO2/c17-14-9-5-4-8-13(14)15(19)16(20)18-11-10-12-6-2-1-3-7-12/h1-9,15,19H,10-11H2,(H,18,20). The van der Waals surface area contributed by atoms with Gasteiger partial charge in [-0.3, -0.25) is 4.79 Å². The summed E-state index contributed by atoms with van der Waals surface area (Å²) in [5.41, 5.74) is 1.56. The molecular weight excluding hydrogens is 274 g/mol. The fourth-order valence-corrected chi connectivity index (χ4v) is 2.15. The third kappa shape index (κ3) is 3.83. The van der Waals surface area contributed by atoms with E-state index in [-0.39, 0.29) is 0 Å². The van der Waals surface area contributed by atoms with Crippen LogP contribution in [0.2, 0.25) is 5.02 Å². The number of hydrogen-bond donors (Lipinski definition) is 2. The van der Waals surface area contributed by atoms with Crippen molar-refractivity contribution in [2.75, 3.05) is 6.54 Å². The lowest BCUT2D eigenvalue weighted by Gasteiger charge is -2.13. The summed E-state index contributed by atoms with van der Waals surface area (Å²) in [5.74, 6) is -0.436. The van der Waals surface area contributed by atoms with E-state index >= 15 is 0 Å². The van der Waals surface area contributed by atoms with Crippen LogP contribution in [0.4, 0.5) is 0 Å². The Kier molecular flexibility index (Phi) is 5.16. The van der Waals surface area contributed by atoms with Crippen molar-refractivity contribution >= 4 is 17.5 Å². The first-order valence-electron chi connectivity index (χ1n) is 6.42.